The van der Waals surface area contributed by atoms with Crippen molar-refractivity contribution in [2.45, 2.75) is 38.4 Å². The number of hydrogen-bond acceptors (Lipinski definition) is 6. The molecule has 2 atom stereocenters. The Bertz CT molecular complexity index is 549. The van der Waals surface area contributed by atoms with E-state index < -0.39 is 17.6 Å². The Balaban J connectivity index is 2.18. The SMILES string of the molecule is CCOC(=O)[C@H]1C[C@@](N)(C(=O)OCC)CN1Cc1ccccc1. The molecular formula is C17H24N2O4. The lowest BCUT2D eigenvalue weighted by molar-refractivity contribution is -0.149. The van der Waals surface area contributed by atoms with Crippen LogP contribution in [0.25, 0.3) is 0 Å². The van der Waals surface area contributed by atoms with E-state index in [9.17, 15) is 9.59 Å². The van der Waals surface area contributed by atoms with Crippen molar-refractivity contribution in [1.29, 1.82) is 0 Å². The van der Waals surface area contributed by atoms with E-state index in [1.165, 1.54) is 0 Å². The average Bonchev–Trinajstić information content (AvgIpc) is 2.87. The second-order valence-corrected chi connectivity index (χ2v) is 5.74. The lowest BCUT2D eigenvalue weighted by atomic mass is 9.97. The molecule has 0 aliphatic carbocycles. The van der Waals surface area contributed by atoms with Crippen molar-refractivity contribution in [2.75, 3.05) is 19.8 Å². The van der Waals surface area contributed by atoms with Gasteiger partial charge in [-0.3, -0.25) is 14.5 Å². The van der Waals surface area contributed by atoms with Gasteiger partial charge in [-0.25, -0.2) is 0 Å². The number of hydrogen-bond donors (Lipinski definition) is 1. The molecule has 0 aromatic heterocycles. The second kappa shape index (κ2) is 7.57. The van der Waals surface area contributed by atoms with Crippen LogP contribution in [-0.4, -0.2) is 48.2 Å². The van der Waals surface area contributed by atoms with Crippen molar-refractivity contribution >= 4 is 11.9 Å². The lowest BCUT2D eigenvalue weighted by Gasteiger charge is -2.23. The van der Waals surface area contributed by atoms with E-state index in [1.54, 1.807) is 13.8 Å². The zero-order valence-corrected chi connectivity index (χ0v) is 13.7. The predicted molar refractivity (Wildman–Crippen MR) is 85.4 cm³/mol. The number of nitrogens with zero attached hydrogens (tertiary/aromatic N) is 1. The summed E-state index contributed by atoms with van der Waals surface area (Å²) in [5, 5.41) is 0. The topological polar surface area (TPSA) is 81.9 Å². The Labute approximate surface area is 136 Å². The summed E-state index contributed by atoms with van der Waals surface area (Å²) in [6, 6.07) is 9.22. The molecule has 1 saturated heterocycles. The summed E-state index contributed by atoms with van der Waals surface area (Å²) in [5.41, 5.74) is 6.11. The van der Waals surface area contributed by atoms with Crippen LogP contribution >= 0.6 is 0 Å². The summed E-state index contributed by atoms with van der Waals surface area (Å²) >= 11 is 0. The maximum Gasteiger partial charge on any atom is 0.327 e. The lowest BCUT2D eigenvalue weighted by Crippen LogP contribution is -2.51. The van der Waals surface area contributed by atoms with Crippen molar-refractivity contribution in [2.24, 2.45) is 5.73 Å². The molecule has 23 heavy (non-hydrogen) atoms. The molecule has 0 unspecified atom stereocenters. The third-order valence-electron chi connectivity index (χ3n) is 3.95. The van der Waals surface area contributed by atoms with E-state index in [-0.39, 0.29) is 25.5 Å². The predicted octanol–water partition coefficient (Wildman–Crippen LogP) is 1.08. The van der Waals surface area contributed by atoms with Crippen LogP contribution < -0.4 is 5.73 Å². The summed E-state index contributed by atoms with van der Waals surface area (Å²) in [5.74, 6) is -0.815. The van der Waals surface area contributed by atoms with Gasteiger partial charge in [-0.1, -0.05) is 30.3 Å². The molecule has 1 aliphatic heterocycles. The highest BCUT2D eigenvalue weighted by molar-refractivity contribution is 5.85. The van der Waals surface area contributed by atoms with Crippen LogP contribution in [0.3, 0.4) is 0 Å². The number of rotatable bonds is 6. The molecule has 2 N–H and O–H groups in total. The Kier molecular flexibility index (Phi) is 5.74. The molecule has 0 amide bonds. The third-order valence-corrected chi connectivity index (χ3v) is 3.95. The standard InChI is InChI=1S/C17H24N2O4/c1-3-22-15(20)14-10-17(18,16(21)23-4-2)12-19(14)11-13-8-6-5-7-9-13/h5-9,14H,3-4,10-12,18H2,1-2H3/t14-,17+/m1/s1. The number of benzene rings is 1. The Morgan fingerprint density at radius 2 is 1.87 bits per heavy atom. The number of carbonyl (C=O) groups is 2. The number of nitrogens with two attached hydrogens (primary N) is 1. The number of ether oxygens (including phenoxy) is 2. The van der Waals surface area contributed by atoms with Gasteiger partial charge < -0.3 is 15.2 Å². The van der Waals surface area contributed by atoms with E-state index in [4.69, 9.17) is 15.2 Å². The molecule has 1 fully saturated rings. The Morgan fingerprint density at radius 1 is 1.22 bits per heavy atom. The van der Waals surface area contributed by atoms with Gasteiger partial charge in [-0.05, 0) is 19.4 Å². The van der Waals surface area contributed by atoms with E-state index in [0.29, 0.717) is 13.2 Å². The normalized spacial score (nSPS) is 24.4. The van der Waals surface area contributed by atoms with Gasteiger partial charge in [0, 0.05) is 19.5 Å². The van der Waals surface area contributed by atoms with Crippen LogP contribution in [0.15, 0.2) is 30.3 Å². The highest BCUT2D eigenvalue weighted by Crippen LogP contribution is 2.29. The minimum absolute atomic E-state index is 0.206. The average molecular weight is 320 g/mol. The van der Waals surface area contributed by atoms with Gasteiger partial charge in [-0.2, -0.15) is 0 Å². The van der Waals surface area contributed by atoms with Crippen LogP contribution in [0.1, 0.15) is 25.8 Å². The molecule has 0 saturated carbocycles. The van der Waals surface area contributed by atoms with E-state index in [0.717, 1.165) is 5.56 Å². The number of carbonyl (C=O) groups excluding carboxylic acids is 2. The largest absolute Gasteiger partial charge is 0.465 e. The first-order valence-corrected chi connectivity index (χ1v) is 7.91. The third kappa shape index (κ3) is 4.09. The molecule has 2 rings (SSSR count). The summed E-state index contributed by atoms with van der Waals surface area (Å²) in [6.45, 7) is 4.86. The van der Waals surface area contributed by atoms with Crippen molar-refractivity contribution < 1.29 is 19.1 Å². The van der Waals surface area contributed by atoms with Crippen LogP contribution in [0.4, 0.5) is 0 Å². The second-order valence-electron chi connectivity index (χ2n) is 5.74. The van der Waals surface area contributed by atoms with Gasteiger partial charge in [-0.15, -0.1) is 0 Å². The molecule has 0 spiro atoms. The minimum atomic E-state index is -1.18. The fraction of sp³-hybridized carbons (Fsp3) is 0.529. The van der Waals surface area contributed by atoms with Crippen molar-refractivity contribution in [3.05, 3.63) is 35.9 Å². The summed E-state index contributed by atoms with van der Waals surface area (Å²) in [7, 11) is 0. The molecule has 0 bridgehead atoms. The zero-order chi connectivity index (χ0) is 16.9. The van der Waals surface area contributed by atoms with Crippen molar-refractivity contribution in [3.63, 3.8) is 0 Å². The summed E-state index contributed by atoms with van der Waals surface area (Å²) in [4.78, 5) is 26.3. The van der Waals surface area contributed by atoms with Gasteiger partial charge in [0.25, 0.3) is 0 Å². The molecule has 1 aromatic rings. The van der Waals surface area contributed by atoms with Crippen LogP contribution in [0.2, 0.25) is 0 Å². The molecule has 1 heterocycles. The molecule has 6 heteroatoms. The van der Waals surface area contributed by atoms with Crippen LogP contribution in [0.5, 0.6) is 0 Å². The first-order valence-electron chi connectivity index (χ1n) is 7.91. The van der Waals surface area contributed by atoms with Gasteiger partial charge in [0.2, 0.25) is 0 Å². The maximum atomic E-state index is 12.2. The molecule has 1 aromatic carbocycles. The first kappa shape index (κ1) is 17.4. The van der Waals surface area contributed by atoms with E-state index in [2.05, 4.69) is 0 Å². The van der Waals surface area contributed by atoms with Gasteiger partial charge in [0.1, 0.15) is 11.6 Å². The van der Waals surface area contributed by atoms with Gasteiger partial charge in [0.15, 0.2) is 0 Å². The Hall–Kier alpha value is -1.92. The first-order chi connectivity index (χ1) is 11.0. The molecule has 1 aliphatic rings. The maximum absolute atomic E-state index is 12.2. The van der Waals surface area contributed by atoms with Crippen LogP contribution in [0, 0.1) is 0 Å². The zero-order valence-electron chi connectivity index (χ0n) is 13.7. The molecular weight excluding hydrogens is 296 g/mol. The van der Waals surface area contributed by atoms with E-state index >= 15 is 0 Å². The number of esters is 2. The van der Waals surface area contributed by atoms with Crippen molar-refractivity contribution in [3.8, 4) is 0 Å². The highest BCUT2D eigenvalue weighted by Gasteiger charge is 2.50. The molecule has 126 valence electrons. The van der Waals surface area contributed by atoms with Gasteiger partial charge >= 0.3 is 11.9 Å². The molecule has 6 nitrogen and oxygen atoms in total. The fourth-order valence-electron chi connectivity index (χ4n) is 2.89. The fourth-order valence-corrected chi connectivity index (χ4v) is 2.89. The van der Waals surface area contributed by atoms with Crippen LogP contribution in [-0.2, 0) is 25.6 Å². The number of likely N-dealkylation sites (tertiary alicyclic amines) is 1. The van der Waals surface area contributed by atoms with E-state index in [1.807, 2.05) is 35.2 Å². The summed E-state index contributed by atoms with van der Waals surface area (Å²) < 4.78 is 10.2. The minimum Gasteiger partial charge on any atom is -0.465 e. The smallest absolute Gasteiger partial charge is 0.327 e. The summed E-state index contributed by atoms with van der Waals surface area (Å²) in [6.07, 6.45) is 0.206. The Morgan fingerprint density at radius 3 is 2.48 bits per heavy atom. The quantitative estimate of drug-likeness (QED) is 0.790. The van der Waals surface area contributed by atoms with Crippen molar-refractivity contribution in [1.82, 2.24) is 4.90 Å². The monoisotopic (exact) mass is 320 g/mol. The van der Waals surface area contributed by atoms with Gasteiger partial charge in [0.05, 0.1) is 13.2 Å². The highest BCUT2D eigenvalue weighted by atomic mass is 16.5. The molecule has 0 radical (unpaired) electrons.